The number of benzene rings is 1. The van der Waals surface area contributed by atoms with Gasteiger partial charge in [0.25, 0.3) is 0 Å². The Morgan fingerprint density at radius 2 is 1.89 bits per heavy atom. The molecule has 1 aromatic carbocycles. The molecule has 2 aromatic rings. The molecule has 4 nitrogen and oxygen atoms in total. The number of carbonyl (C=O) groups is 1. The van der Waals surface area contributed by atoms with Crippen LogP contribution in [0.25, 0.3) is 10.9 Å². The van der Waals surface area contributed by atoms with E-state index in [1.807, 2.05) is 30.5 Å². The Hall–Kier alpha value is -2.10. The molecule has 0 saturated heterocycles. The number of hydrogen-bond acceptors (Lipinski definition) is 2. The fraction of sp³-hybridized carbons (Fsp3) is 0.286. The molecule has 0 bridgehead atoms. The van der Waals surface area contributed by atoms with Gasteiger partial charge in [-0.3, -0.25) is 9.59 Å². The van der Waals surface area contributed by atoms with E-state index in [4.69, 9.17) is 5.11 Å². The van der Waals surface area contributed by atoms with Crippen molar-refractivity contribution in [1.29, 1.82) is 0 Å². The Morgan fingerprint density at radius 1 is 1.22 bits per heavy atom. The van der Waals surface area contributed by atoms with Crippen molar-refractivity contribution in [2.75, 3.05) is 0 Å². The van der Waals surface area contributed by atoms with E-state index in [1.165, 1.54) is 6.07 Å². The summed E-state index contributed by atoms with van der Waals surface area (Å²) >= 11 is 0. The summed E-state index contributed by atoms with van der Waals surface area (Å²) in [6.07, 6.45) is 1.71. The molecule has 0 aliphatic carbocycles. The molecule has 94 valence electrons. The van der Waals surface area contributed by atoms with Gasteiger partial charge in [-0.05, 0) is 25.0 Å². The third-order valence-electron chi connectivity index (χ3n) is 3.09. The molecule has 0 unspecified atom stereocenters. The molecular weight excluding hydrogens is 230 g/mol. The van der Waals surface area contributed by atoms with Gasteiger partial charge in [0.2, 0.25) is 0 Å². The monoisotopic (exact) mass is 245 g/mol. The quantitative estimate of drug-likeness (QED) is 0.900. The first-order valence-corrected chi connectivity index (χ1v) is 5.82. The number of nitrogens with zero attached hydrogens (tertiary/aromatic N) is 1. The van der Waals surface area contributed by atoms with Crippen molar-refractivity contribution in [3.63, 3.8) is 0 Å². The van der Waals surface area contributed by atoms with Crippen molar-refractivity contribution in [1.82, 2.24) is 4.57 Å². The lowest BCUT2D eigenvalue weighted by Crippen LogP contribution is -2.12. The molecule has 0 fully saturated rings. The van der Waals surface area contributed by atoms with Crippen LogP contribution in [0.4, 0.5) is 0 Å². The number of aryl methyl sites for hydroxylation is 3. The van der Waals surface area contributed by atoms with Gasteiger partial charge in [-0.15, -0.1) is 0 Å². The van der Waals surface area contributed by atoms with Crippen LogP contribution in [0.1, 0.15) is 17.5 Å². The maximum Gasteiger partial charge on any atom is 0.305 e. The van der Waals surface area contributed by atoms with Crippen molar-refractivity contribution in [3.8, 4) is 0 Å². The Labute approximate surface area is 104 Å². The molecule has 2 rings (SSSR count). The Kier molecular flexibility index (Phi) is 3.19. The van der Waals surface area contributed by atoms with Crippen LogP contribution in [-0.4, -0.2) is 15.6 Å². The second kappa shape index (κ2) is 4.64. The smallest absolute Gasteiger partial charge is 0.305 e. The highest BCUT2D eigenvalue weighted by Gasteiger charge is 2.09. The Balaban J connectivity index is 2.69. The van der Waals surface area contributed by atoms with Gasteiger partial charge < -0.3 is 9.67 Å². The van der Waals surface area contributed by atoms with Crippen LogP contribution in [0, 0.1) is 13.8 Å². The third kappa shape index (κ3) is 2.14. The molecule has 0 saturated carbocycles. The van der Waals surface area contributed by atoms with E-state index in [0.717, 1.165) is 16.6 Å². The van der Waals surface area contributed by atoms with Gasteiger partial charge in [0.15, 0.2) is 5.43 Å². The second-order valence-corrected chi connectivity index (χ2v) is 4.44. The van der Waals surface area contributed by atoms with Gasteiger partial charge in [0.05, 0.1) is 11.9 Å². The maximum absolute atomic E-state index is 11.9. The molecule has 0 atom stereocenters. The van der Waals surface area contributed by atoms with E-state index in [-0.39, 0.29) is 11.8 Å². The fourth-order valence-corrected chi connectivity index (χ4v) is 2.20. The van der Waals surface area contributed by atoms with Gasteiger partial charge in [-0.2, -0.15) is 0 Å². The van der Waals surface area contributed by atoms with Gasteiger partial charge >= 0.3 is 5.97 Å². The van der Waals surface area contributed by atoms with E-state index >= 15 is 0 Å². The van der Waals surface area contributed by atoms with Crippen molar-refractivity contribution in [3.05, 3.63) is 45.7 Å². The molecule has 4 heteroatoms. The standard InChI is InChI=1S/C14H15NO3/c1-9-3-4-10(2)14-13(9)11(16)5-7-15(14)8-6-12(17)18/h3-5,7H,6,8H2,1-2H3,(H,17,18). The van der Waals surface area contributed by atoms with Gasteiger partial charge in [0, 0.05) is 24.2 Å². The topological polar surface area (TPSA) is 59.3 Å². The molecule has 0 amide bonds. The first kappa shape index (κ1) is 12.4. The van der Waals surface area contributed by atoms with Crippen molar-refractivity contribution in [2.45, 2.75) is 26.8 Å². The summed E-state index contributed by atoms with van der Waals surface area (Å²) in [4.78, 5) is 22.6. The highest BCUT2D eigenvalue weighted by Crippen LogP contribution is 2.19. The molecule has 1 N–H and O–H groups in total. The number of carboxylic acids is 1. The fourth-order valence-electron chi connectivity index (χ4n) is 2.20. The van der Waals surface area contributed by atoms with E-state index in [9.17, 15) is 9.59 Å². The summed E-state index contributed by atoms with van der Waals surface area (Å²) < 4.78 is 1.84. The largest absolute Gasteiger partial charge is 0.481 e. The van der Waals surface area contributed by atoms with Crippen LogP contribution >= 0.6 is 0 Å². The number of aromatic nitrogens is 1. The van der Waals surface area contributed by atoms with E-state index in [2.05, 4.69) is 0 Å². The molecule has 1 aromatic heterocycles. The minimum atomic E-state index is -0.841. The molecule has 0 aliphatic rings. The van der Waals surface area contributed by atoms with E-state index in [1.54, 1.807) is 6.20 Å². The van der Waals surface area contributed by atoms with Gasteiger partial charge in [0.1, 0.15) is 0 Å². The molecule has 0 aliphatic heterocycles. The number of hydrogen-bond donors (Lipinski definition) is 1. The Bertz CT molecular complexity index is 671. The lowest BCUT2D eigenvalue weighted by molar-refractivity contribution is -0.137. The third-order valence-corrected chi connectivity index (χ3v) is 3.09. The summed E-state index contributed by atoms with van der Waals surface area (Å²) in [6.45, 7) is 4.19. The molecule has 0 radical (unpaired) electrons. The predicted octanol–water partition coefficient (Wildman–Crippen LogP) is 2.09. The van der Waals surface area contributed by atoms with Crippen LogP contribution in [0.2, 0.25) is 0 Å². The first-order chi connectivity index (χ1) is 8.50. The summed E-state index contributed by atoms with van der Waals surface area (Å²) in [6, 6.07) is 5.37. The number of pyridine rings is 1. The number of carboxylic acid groups (broad SMARTS) is 1. The highest BCUT2D eigenvalue weighted by atomic mass is 16.4. The number of rotatable bonds is 3. The zero-order valence-corrected chi connectivity index (χ0v) is 10.4. The van der Waals surface area contributed by atoms with E-state index in [0.29, 0.717) is 11.9 Å². The lowest BCUT2D eigenvalue weighted by Gasteiger charge is -2.13. The van der Waals surface area contributed by atoms with Gasteiger partial charge in [-0.25, -0.2) is 0 Å². The zero-order valence-electron chi connectivity index (χ0n) is 10.4. The average molecular weight is 245 g/mol. The minimum absolute atomic E-state index is 0.0159. The second-order valence-electron chi connectivity index (χ2n) is 4.44. The highest BCUT2D eigenvalue weighted by molar-refractivity contribution is 5.85. The van der Waals surface area contributed by atoms with Crippen molar-refractivity contribution >= 4 is 16.9 Å². The summed E-state index contributed by atoms with van der Waals surface area (Å²) in [5, 5.41) is 9.43. The van der Waals surface area contributed by atoms with E-state index < -0.39 is 5.97 Å². The van der Waals surface area contributed by atoms with Crippen molar-refractivity contribution in [2.24, 2.45) is 0 Å². The molecule has 1 heterocycles. The summed E-state index contributed by atoms with van der Waals surface area (Å²) in [5.74, 6) is -0.841. The van der Waals surface area contributed by atoms with Crippen LogP contribution in [0.15, 0.2) is 29.2 Å². The normalized spacial score (nSPS) is 10.8. The lowest BCUT2D eigenvalue weighted by atomic mass is 10.0. The number of fused-ring (bicyclic) bond motifs is 1. The minimum Gasteiger partial charge on any atom is -0.481 e. The van der Waals surface area contributed by atoms with Crippen LogP contribution in [0.3, 0.4) is 0 Å². The van der Waals surface area contributed by atoms with Crippen LogP contribution < -0.4 is 5.43 Å². The molecule has 18 heavy (non-hydrogen) atoms. The predicted molar refractivity (Wildman–Crippen MR) is 69.9 cm³/mol. The van der Waals surface area contributed by atoms with Crippen LogP contribution in [-0.2, 0) is 11.3 Å². The van der Waals surface area contributed by atoms with Crippen LogP contribution in [0.5, 0.6) is 0 Å². The SMILES string of the molecule is Cc1ccc(C)c2c1c(=O)ccn2CCC(=O)O. The molecular formula is C14H15NO3. The first-order valence-electron chi connectivity index (χ1n) is 5.82. The molecule has 0 spiro atoms. The number of aliphatic carboxylic acids is 1. The summed E-state index contributed by atoms with van der Waals surface area (Å²) in [7, 11) is 0. The zero-order chi connectivity index (χ0) is 13.3. The van der Waals surface area contributed by atoms with Crippen molar-refractivity contribution < 1.29 is 9.90 Å². The summed E-state index contributed by atoms with van der Waals surface area (Å²) in [5.41, 5.74) is 2.73. The van der Waals surface area contributed by atoms with Gasteiger partial charge in [-0.1, -0.05) is 12.1 Å². The maximum atomic E-state index is 11.9. The average Bonchev–Trinajstić information content (AvgIpc) is 2.32. The Morgan fingerprint density at radius 3 is 2.56 bits per heavy atom.